The van der Waals surface area contributed by atoms with Gasteiger partial charge in [-0.15, -0.1) is 21.5 Å². The first-order valence-corrected chi connectivity index (χ1v) is 9.44. The van der Waals surface area contributed by atoms with Gasteiger partial charge in [-0.2, -0.15) is 0 Å². The van der Waals surface area contributed by atoms with Crippen molar-refractivity contribution in [2.45, 2.75) is 33.7 Å². The fourth-order valence-electron chi connectivity index (χ4n) is 3.09. The molecule has 1 aliphatic rings. The van der Waals surface area contributed by atoms with E-state index in [-0.39, 0.29) is 6.04 Å². The third-order valence-electron chi connectivity index (χ3n) is 4.47. The highest BCUT2D eigenvalue weighted by Gasteiger charge is 2.29. The molecule has 0 unspecified atom stereocenters. The molecule has 0 radical (unpaired) electrons. The van der Waals surface area contributed by atoms with Gasteiger partial charge in [-0.3, -0.25) is 9.56 Å². The normalized spacial score (nSPS) is 16.4. The molecule has 0 amide bonds. The van der Waals surface area contributed by atoms with Gasteiger partial charge in [0.15, 0.2) is 5.82 Å². The maximum absolute atomic E-state index is 5.03. The number of aryl methyl sites for hydroxylation is 2. The van der Waals surface area contributed by atoms with E-state index in [0.717, 1.165) is 27.4 Å². The molecule has 122 valence electrons. The van der Waals surface area contributed by atoms with Crippen molar-refractivity contribution in [1.82, 2.24) is 14.8 Å². The fourth-order valence-corrected chi connectivity index (χ4v) is 4.57. The molecule has 24 heavy (non-hydrogen) atoms. The minimum absolute atomic E-state index is 0.0378. The first-order chi connectivity index (χ1) is 11.5. The van der Waals surface area contributed by atoms with E-state index in [4.69, 9.17) is 4.99 Å². The van der Waals surface area contributed by atoms with Crippen molar-refractivity contribution in [3.63, 3.8) is 0 Å². The van der Waals surface area contributed by atoms with E-state index in [2.05, 4.69) is 75.7 Å². The van der Waals surface area contributed by atoms with Crippen LogP contribution in [0.5, 0.6) is 0 Å². The summed E-state index contributed by atoms with van der Waals surface area (Å²) in [5, 5.41) is 9.84. The van der Waals surface area contributed by atoms with E-state index < -0.39 is 0 Å². The zero-order chi connectivity index (χ0) is 17.0. The molecule has 0 spiro atoms. The molecule has 1 aromatic carbocycles. The number of halogens is 1. The van der Waals surface area contributed by atoms with Gasteiger partial charge in [-0.05, 0) is 45.4 Å². The summed E-state index contributed by atoms with van der Waals surface area (Å²) < 4.78 is 3.24. The molecule has 0 bridgehead atoms. The Bertz CT molecular complexity index is 966. The van der Waals surface area contributed by atoms with Crippen molar-refractivity contribution in [1.29, 1.82) is 0 Å². The Kier molecular flexibility index (Phi) is 3.69. The van der Waals surface area contributed by atoms with Gasteiger partial charge in [0, 0.05) is 20.5 Å². The van der Waals surface area contributed by atoms with Crippen LogP contribution in [0.2, 0.25) is 0 Å². The highest BCUT2D eigenvalue weighted by molar-refractivity contribution is 9.10. The summed E-state index contributed by atoms with van der Waals surface area (Å²) in [5.41, 5.74) is 4.65. The van der Waals surface area contributed by atoms with Crippen LogP contribution in [0.25, 0.3) is 5.00 Å². The molecule has 0 fully saturated rings. The summed E-state index contributed by atoms with van der Waals surface area (Å²) >= 11 is 5.30. The van der Waals surface area contributed by atoms with E-state index >= 15 is 0 Å². The molecule has 0 saturated carbocycles. The van der Waals surface area contributed by atoms with Crippen molar-refractivity contribution in [3.05, 3.63) is 62.0 Å². The van der Waals surface area contributed by atoms with Gasteiger partial charge in [0.1, 0.15) is 16.9 Å². The number of thiophene rings is 1. The average Bonchev–Trinajstić information content (AvgIpc) is 3.03. The molecule has 2 aromatic heterocycles. The molecule has 0 N–H and O–H groups in total. The van der Waals surface area contributed by atoms with Gasteiger partial charge in [0.2, 0.25) is 0 Å². The predicted molar refractivity (Wildman–Crippen MR) is 102 cm³/mol. The Balaban J connectivity index is 2.04. The van der Waals surface area contributed by atoms with Crippen LogP contribution >= 0.6 is 27.3 Å². The lowest BCUT2D eigenvalue weighted by Crippen LogP contribution is -2.07. The van der Waals surface area contributed by atoms with Crippen molar-refractivity contribution >= 4 is 33.0 Å². The third-order valence-corrected chi connectivity index (χ3v) is 6.19. The summed E-state index contributed by atoms with van der Waals surface area (Å²) in [6.45, 7) is 8.42. The Morgan fingerprint density at radius 2 is 1.79 bits per heavy atom. The topological polar surface area (TPSA) is 43.1 Å². The average molecular weight is 401 g/mol. The standard InChI is InChI=1S/C18H17BrN4S/c1-9-11(3)24-18-15(9)16(13-5-7-14(19)8-6-13)20-10(2)17-22-21-12(4)23(17)18/h5-8,10H,1-4H3/t10-/m0/s1. The van der Waals surface area contributed by atoms with Crippen LogP contribution in [0.1, 0.15) is 46.2 Å². The number of benzene rings is 1. The zero-order valence-electron chi connectivity index (χ0n) is 14.0. The second kappa shape index (κ2) is 5.63. The Morgan fingerprint density at radius 1 is 1.08 bits per heavy atom. The first-order valence-electron chi connectivity index (χ1n) is 7.83. The lowest BCUT2D eigenvalue weighted by molar-refractivity contribution is 0.724. The summed E-state index contributed by atoms with van der Waals surface area (Å²) in [5.74, 6) is 1.81. The van der Waals surface area contributed by atoms with Crippen LogP contribution in [-0.2, 0) is 0 Å². The van der Waals surface area contributed by atoms with Crippen molar-refractivity contribution in [2.75, 3.05) is 0 Å². The predicted octanol–water partition coefficient (Wildman–Crippen LogP) is 4.93. The number of hydrogen-bond acceptors (Lipinski definition) is 4. The molecule has 4 rings (SSSR count). The molecule has 4 nitrogen and oxygen atoms in total. The van der Waals surface area contributed by atoms with Crippen molar-refractivity contribution in [3.8, 4) is 5.00 Å². The van der Waals surface area contributed by atoms with E-state index in [1.807, 2.05) is 6.92 Å². The molecular weight excluding hydrogens is 384 g/mol. The second-order valence-electron chi connectivity index (χ2n) is 6.06. The van der Waals surface area contributed by atoms with Gasteiger partial charge >= 0.3 is 0 Å². The summed E-state index contributed by atoms with van der Waals surface area (Å²) in [4.78, 5) is 6.33. The van der Waals surface area contributed by atoms with Crippen LogP contribution < -0.4 is 0 Å². The molecule has 6 heteroatoms. The maximum Gasteiger partial charge on any atom is 0.162 e. The van der Waals surface area contributed by atoms with Gasteiger partial charge in [-0.1, -0.05) is 28.1 Å². The smallest absolute Gasteiger partial charge is 0.162 e. The van der Waals surface area contributed by atoms with Crippen LogP contribution in [0.3, 0.4) is 0 Å². The summed E-state index contributed by atoms with van der Waals surface area (Å²) in [6, 6.07) is 8.32. The largest absolute Gasteiger partial charge is 0.273 e. The second-order valence-corrected chi connectivity index (χ2v) is 8.18. The van der Waals surface area contributed by atoms with Crippen LogP contribution in [-0.4, -0.2) is 20.5 Å². The highest BCUT2D eigenvalue weighted by atomic mass is 79.9. The van der Waals surface area contributed by atoms with Gasteiger partial charge in [-0.25, -0.2) is 0 Å². The van der Waals surface area contributed by atoms with Gasteiger partial charge in [0.25, 0.3) is 0 Å². The maximum atomic E-state index is 5.03. The number of hydrogen-bond donors (Lipinski definition) is 0. The Hall–Kier alpha value is -1.79. The lowest BCUT2D eigenvalue weighted by Gasteiger charge is -2.09. The van der Waals surface area contributed by atoms with Gasteiger partial charge < -0.3 is 0 Å². The van der Waals surface area contributed by atoms with Crippen LogP contribution in [0.15, 0.2) is 33.7 Å². The highest BCUT2D eigenvalue weighted by Crippen LogP contribution is 2.38. The monoisotopic (exact) mass is 400 g/mol. The summed E-state index contributed by atoms with van der Waals surface area (Å²) in [6.07, 6.45) is 0. The molecule has 1 aliphatic heterocycles. The van der Waals surface area contributed by atoms with Crippen molar-refractivity contribution in [2.24, 2.45) is 4.99 Å². The number of aromatic nitrogens is 3. The molecule has 0 saturated heterocycles. The number of aliphatic imine (C=N–C) groups is 1. The Labute approximate surface area is 153 Å². The van der Waals surface area contributed by atoms with E-state index in [1.165, 1.54) is 21.0 Å². The lowest BCUT2D eigenvalue weighted by atomic mass is 10.00. The number of nitrogens with zero attached hydrogens (tertiary/aromatic N) is 4. The minimum atomic E-state index is -0.0378. The zero-order valence-corrected chi connectivity index (χ0v) is 16.4. The Morgan fingerprint density at radius 3 is 2.50 bits per heavy atom. The van der Waals surface area contributed by atoms with E-state index in [1.54, 1.807) is 11.3 Å². The number of fused-ring (bicyclic) bond motifs is 3. The SMILES string of the molecule is Cc1sc2c(c1C)C(c1ccc(Br)cc1)=N[C@@H](C)c1nnc(C)n1-2. The summed E-state index contributed by atoms with van der Waals surface area (Å²) in [7, 11) is 0. The van der Waals surface area contributed by atoms with E-state index in [0.29, 0.717) is 0 Å². The molecule has 0 aliphatic carbocycles. The van der Waals surface area contributed by atoms with Crippen LogP contribution in [0, 0.1) is 20.8 Å². The molecule has 3 heterocycles. The fraction of sp³-hybridized carbons (Fsp3) is 0.278. The number of rotatable bonds is 1. The molecule has 3 aromatic rings. The molecular formula is C18H17BrN4S. The van der Waals surface area contributed by atoms with E-state index in [9.17, 15) is 0 Å². The first kappa shape index (κ1) is 15.7. The van der Waals surface area contributed by atoms with Crippen LogP contribution in [0.4, 0.5) is 0 Å². The third kappa shape index (κ3) is 2.28. The van der Waals surface area contributed by atoms with Crippen molar-refractivity contribution < 1.29 is 0 Å². The molecule has 1 atom stereocenters. The van der Waals surface area contributed by atoms with Gasteiger partial charge in [0.05, 0.1) is 5.71 Å². The quantitative estimate of drug-likeness (QED) is 0.581. The minimum Gasteiger partial charge on any atom is -0.273 e.